The highest BCUT2D eigenvalue weighted by atomic mass is 32.2. The molecule has 94 valence electrons. The smallest absolute Gasteiger partial charge is 0.0681 e. The highest BCUT2D eigenvalue weighted by molar-refractivity contribution is 8.03. The van der Waals surface area contributed by atoms with Crippen molar-refractivity contribution in [3.05, 3.63) is 60.2 Å². The number of rotatable bonds is 6. The van der Waals surface area contributed by atoms with E-state index in [0.29, 0.717) is 0 Å². The highest BCUT2D eigenvalue weighted by Gasteiger charge is 1.96. The normalized spacial score (nSPS) is 10.5. The van der Waals surface area contributed by atoms with Crippen molar-refractivity contribution in [1.29, 1.82) is 0 Å². The number of aliphatic hydroxyl groups is 1. The fraction of sp³-hybridized carbons (Fsp3) is 0.200. The van der Waals surface area contributed by atoms with Gasteiger partial charge in [0.25, 0.3) is 0 Å². The van der Waals surface area contributed by atoms with Crippen molar-refractivity contribution in [2.24, 2.45) is 0 Å². The van der Waals surface area contributed by atoms with Crippen LogP contribution in [0.25, 0.3) is 0 Å². The number of hydrogen-bond acceptors (Lipinski definition) is 3. The van der Waals surface area contributed by atoms with Crippen LogP contribution in [0.1, 0.15) is 5.56 Å². The summed E-state index contributed by atoms with van der Waals surface area (Å²) >= 11 is 3.74. The standard InChI is InChI=1S/C15H16OS2/c16-12-13-6-8-15(9-7-13)18-11-10-17-14-4-2-1-3-5-14/h1-9,16H,10-12H2. The van der Waals surface area contributed by atoms with Crippen LogP contribution in [0.15, 0.2) is 64.4 Å². The summed E-state index contributed by atoms with van der Waals surface area (Å²) in [4.78, 5) is 2.59. The maximum Gasteiger partial charge on any atom is 0.0681 e. The Morgan fingerprint density at radius 1 is 0.722 bits per heavy atom. The van der Waals surface area contributed by atoms with Crippen LogP contribution in [0.4, 0.5) is 0 Å². The minimum absolute atomic E-state index is 0.120. The molecule has 0 saturated heterocycles. The van der Waals surface area contributed by atoms with Crippen molar-refractivity contribution in [2.75, 3.05) is 11.5 Å². The molecule has 2 aromatic rings. The van der Waals surface area contributed by atoms with E-state index in [2.05, 4.69) is 36.4 Å². The lowest BCUT2D eigenvalue weighted by Gasteiger charge is -2.03. The van der Waals surface area contributed by atoms with E-state index in [1.165, 1.54) is 9.79 Å². The van der Waals surface area contributed by atoms with Crippen molar-refractivity contribution in [3.8, 4) is 0 Å². The molecule has 0 spiro atoms. The van der Waals surface area contributed by atoms with Gasteiger partial charge in [-0.05, 0) is 29.8 Å². The monoisotopic (exact) mass is 276 g/mol. The summed E-state index contributed by atoms with van der Waals surface area (Å²) in [6.45, 7) is 0.120. The van der Waals surface area contributed by atoms with Crippen LogP contribution in [0.2, 0.25) is 0 Å². The van der Waals surface area contributed by atoms with Crippen LogP contribution < -0.4 is 0 Å². The number of hydrogen-bond donors (Lipinski definition) is 1. The maximum absolute atomic E-state index is 8.96. The zero-order chi connectivity index (χ0) is 12.6. The molecule has 0 aromatic heterocycles. The largest absolute Gasteiger partial charge is 0.392 e. The van der Waals surface area contributed by atoms with Crippen molar-refractivity contribution in [2.45, 2.75) is 16.4 Å². The van der Waals surface area contributed by atoms with Gasteiger partial charge in [-0.25, -0.2) is 0 Å². The number of thioether (sulfide) groups is 2. The molecular weight excluding hydrogens is 260 g/mol. The first kappa shape index (κ1) is 13.5. The highest BCUT2D eigenvalue weighted by Crippen LogP contribution is 2.23. The SMILES string of the molecule is OCc1ccc(SCCSc2ccccc2)cc1. The molecule has 1 nitrogen and oxygen atoms in total. The van der Waals surface area contributed by atoms with Gasteiger partial charge in [-0.3, -0.25) is 0 Å². The van der Waals surface area contributed by atoms with E-state index in [-0.39, 0.29) is 6.61 Å². The third-order valence-electron chi connectivity index (χ3n) is 2.47. The first-order valence-electron chi connectivity index (χ1n) is 5.89. The summed E-state index contributed by atoms with van der Waals surface area (Å²) in [7, 11) is 0. The van der Waals surface area contributed by atoms with E-state index in [9.17, 15) is 0 Å². The molecule has 0 unspecified atom stereocenters. The van der Waals surface area contributed by atoms with Crippen molar-refractivity contribution >= 4 is 23.5 Å². The molecule has 0 fully saturated rings. The molecular formula is C15H16OS2. The summed E-state index contributed by atoms with van der Waals surface area (Å²) in [5, 5.41) is 8.96. The van der Waals surface area contributed by atoms with Crippen LogP contribution in [-0.2, 0) is 6.61 Å². The quantitative estimate of drug-likeness (QED) is 0.634. The molecule has 0 saturated carbocycles. The van der Waals surface area contributed by atoms with Crippen LogP contribution >= 0.6 is 23.5 Å². The molecule has 0 aliphatic rings. The van der Waals surface area contributed by atoms with Gasteiger partial charge < -0.3 is 5.11 Å². The minimum atomic E-state index is 0.120. The Kier molecular flexibility index (Phi) is 5.65. The predicted octanol–water partition coefficient (Wildman–Crippen LogP) is 4.06. The zero-order valence-corrected chi connectivity index (χ0v) is 11.7. The molecule has 0 atom stereocenters. The Bertz CT molecular complexity index is 454. The van der Waals surface area contributed by atoms with Crippen LogP contribution in [-0.4, -0.2) is 16.6 Å². The Labute approximate surface area is 117 Å². The molecule has 18 heavy (non-hydrogen) atoms. The van der Waals surface area contributed by atoms with Gasteiger partial charge in [-0.15, -0.1) is 23.5 Å². The third-order valence-corrected chi connectivity index (χ3v) is 4.76. The molecule has 2 aromatic carbocycles. The first-order chi connectivity index (χ1) is 8.88. The average molecular weight is 276 g/mol. The van der Waals surface area contributed by atoms with Gasteiger partial charge in [0.1, 0.15) is 0 Å². The summed E-state index contributed by atoms with van der Waals surface area (Å²) in [5.41, 5.74) is 0.970. The van der Waals surface area contributed by atoms with E-state index in [1.54, 1.807) is 0 Å². The second-order valence-electron chi connectivity index (χ2n) is 3.81. The lowest BCUT2D eigenvalue weighted by Crippen LogP contribution is -1.85. The van der Waals surface area contributed by atoms with E-state index >= 15 is 0 Å². The van der Waals surface area contributed by atoms with E-state index < -0.39 is 0 Å². The average Bonchev–Trinajstić information content (AvgIpc) is 2.45. The van der Waals surface area contributed by atoms with E-state index in [4.69, 9.17) is 5.11 Å². The summed E-state index contributed by atoms with van der Waals surface area (Å²) in [6, 6.07) is 18.6. The maximum atomic E-state index is 8.96. The molecule has 0 aliphatic carbocycles. The Balaban J connectivity index is 1.72. The summed E-state index contributed by atoms with van der Waals surface area (Å²) in [6.07, 6.45) is 0. The van der Waals surface area contributed by atoms with E-state index in [0.717, 1.165) is 17.1 Å². The second kappa shape index (κ2) is 7.52. The molecule has 3 heteroatoms. The summed E-state index contributed by atoms with van der Waals surface area (Å²) in [5.74, 6) is 2.20. The predicted molar refractivity (Wildman–Crippen MR) is 80.3 cm³/mol. The van der Waals surface area contributed by atoms with Crippen LogP contribution in [0.5, 0.6) is 0 Å². The molecule has 0 aliphatic heterocycles. The molecule has 0 radical (unpaired) electrons. The fourth-order valence-electron chi connectivity index (χ4n) is 1.53. The van der Waals surface area contributed by atoms with Crippen LogP contribution in [0.3, 0.4) is 0 Å². The second-order valence-corrected chi connectivity index (χ2v) is 6.15. The van der Waals surface area contributed by atoms with Gasteiger partial charge in [-0.1, -0.05) is 30.3 Å². The Morgan fingerprint density at radius 3 is 1.83 bits per heavy atom. The minimum Gasteiger partial charge on any atom is -0.392 e. The van der Waals surface area contributed by atoms with Crippen molar-refractivity contribution in [3.63, 3.8) is 0 Å². The van der Waals surface area contributed by atoms with Gasteiger partial charge in [0.2, 0.25) is 0 Å². The summed E-state index contributed by atoms with van der Waals surface area (Å²) < 4.78 is 0. The molecule has 2 rings (SSSR count). The fourth-order valence-corrected chi connectivity index (χ4v) is 3.34. The third kappa shape index (κ3) is 4.41. The van der Waals surface area contributed by atoms with Crippen molar-refractivity contribution in [1.82, 2.24) is 0 Å². The van der Waals surface area contributed by atoms with Gasteiger partial charge in [0, 0.05) is 21.3 Å². The van der Waals surface area contributed by atoms with Gasteiger partial charge in [0.05, 0.1) is 6.61 Å². The lowest BCUT2D eigenvalue weighted by atomic mass is 10.2. The van der Waals surface area contributed by atoms with E-state index in [1.807, 2.05) is 41.7 Å². The topological polar surface area (TPSA) is 20.2 Å². The first-order valence-corrected chi connectivity index (χ1v) is 7.86. The number of benzene rings is 2. The Morgan fingerprint density at radius 2 is 1.28 bits per heavy atom. The van der Waals surface area contributed by atoms with Gasteiger partial charge in [0.15, 0.2) is 0 Å². The molecule has 0 bridgehead atoms. The number of aliphatic hydroxyl groups excluding tert-OH is 1. The zero-order valence-electron chi connectivity index (χ0n) is 10.1. The molecule has 1 N–H and O–H groups in total. The van der Waals surface area contributed by atoms with Gasteiger partial charge >= 0.3 is 0 Å². The molecule has 0 heterocycles. The molecule has 0 amide bonds. The lowest BCUT2D eigenvalue weighted by molar-refractivity contribution is 0.282. The van der Waals surface area contributed by atoms with Crippen LogP contribution in [0, 0.1) is 0 Å². The van der Waals surface area contributed by atoms with Crippen molar-refractivity contribution < 1.29 is 5.11 Å². The van der Waals surface area contributed by atoms with Gasteiger partial charge in [-0.2, -0.15) is 0 Å². The Hall–Kier alpha value is -0.900.